The third-order valence-electron chi connectivity index (χ3n) is 6.28. The Kier molecular flexibility index (Phi) is 9.91. The molecule has 1 saturated heterocycles. The lowest BCUT2D eigenvalue weighted by molar-refractivity contribution is -0.192. The molecule has 2 aromatic carbocycles. The first-order valence-electron chi connectivity index (χ1n) is 12.1. The number of carboxylic acids is 1. The van der Waals surface area contributed by atoms with Gasteiger partial charge < -0.3 is 15.2 Å². The van der Waals surface area contributed by atoms with Crippen molar-refractivity contribution in [3.63, 3.8) is 0 Å². The Bertz CT molecular complexity index is 1250. The molecular weight excluding hydrogens is 546 g/mol. The van der Waals surface area contributed by atoms with Crippen LogP contribution in [0.4, 0.5) is 23.2 Å². The summed E-state index contributed by atoms with van der Waals surface area (Å²) < 4.78 is 78.3. The number of carboxylic acid groups (broad SMARTS) is 1. The van der Waals surface area contributed by atoms with E-state index in [-0.39, 0.29) is 5.91 Å². The van der Waals surface area contributed by atoms with Crippen LogP contribution in [0.3, 0.4) is 0 Å². The van der Waals surface area contributed by atoms with E-state index in [1.807, 2.05) is 0 Å². The molecular formula is C25H29F4N3O6S. The summed E-state index contributed by atoms with van der Waals surface area (Å²) in [4.78, 5) is 23.6. The summed E-state index contributed by atoms with van der Waals surface area (Å²) in [6.45, 7) is 4.96. The molecule has 2 aliphatic rings. The van der Waals surface area contributed by atoms with Gasteiger partial charge in [0.15, 0.2) is 0 Å². The van der Waals surface area contributed by atoms with Gasteiger partial charge in [-0.1, -0.05) is 24.3 Å². The van der Waals surface area contributed by atoms with E-state index in [2.05, 4.69) is 14.9 Å². The Morgan fingerprint density at radius 1 is 1.03 bits per heavy atom. The fraction of sp³-hybridized carbons (Fsp3) is 0.440. The van der Waals surface area contributed by atoms with Crippen molar-refractivity contribution in [3.8, 4) is 0 Å². The summed E-state index contributed by atoms with van der Waals surface area (Å²) in [5.74, 6) is -3.55. The van der Waals surface area contributed by atoms with Gasteiger partial charge in [0.2, 0.25) is 5.91 Å². The third-order valence-corrected chi connectivity index (χ3v) is 7.70. The summed E-state index contributed by atoms with van der Waals surface area (Å²) in [5.41, 5.74) is 0.637. The highest BCUT2D eigenvalue weighted by molar-refractivity contribution is 7.92. The number of amides is 1. The van der Waals surface area contributed by atoms with Crippen molar-refractivity contribution in [2.45, 2.75) is 35.7 Å². The molecule has 1 amide bonds. The summed E-state index contributed by atoms with van der Waals surface area (Å²) in [6, 6.07) is 12.0. The van der Waals surface area contributed by atoms with Crippen LogP contribution in [0.5, 0.6) is 0 Å². The minimum absolute atomic E-state index is 0.0131. The smallest absolute Gasteiger partial charge is 0.475 e. The van der Waals surface area contributed by atoms with Gasteiger partial charge in [0, 0.05) is 25.3 Å². The SMILES string of the molecule is O=C(NCCCN1CCOCC1)C1(c2ccc(NS(=O)(=O)c3ccccc3F)cc2)CC1.O=C(O)C(F)(F)F. The third kappa shape index (κ3) is 8.38. The van der Waals surface area contributed by atoms with Gasteiger partial charge in [-0.3, -0.25) is 14.4 Å². The Balaban J connectivity index is 0.000000532. The van der Waals surface area contributed by atoms with Crippen LogP contribution < -0.4 is 10.0 Å². The van der Waals surface area contributed by atoms with E-state index in [0.29, 0.717) is 12.2 Å². The van der Waals surface area contributed by atoms with Gasteiger partial charge >= 0.3 is 12.1 Å². The molecule has 2 fully saturated rings. The molecule has 0 radical (unpaired) electrons. The van der Waals surface area contributed by atoms with Crippen LogP contribution in [0.2, 0.25) is 0 Å². The number of hydrogen-bond donors (Lipinski definition) is 3. The minimum Gasteiger partial charge on any atom is -0.475 e. The van der Waals surface area contributed by atoms with Gasteiger partial charge in [-0.2, -0.15) is 13.2 Å². The van der Waals surface area contributed by atoms with Gasteiger partial charge in [-0.05, 0) is 55.6 Å². The zero-order valence-corrected chi connectivity index (χ0v) is 21.7. The van der Waals surface area contributed by atoms with E-state index in [1.54, 1.807) is 24.3 Å². The van der Waals surface area contributed by atoms with Crippen molar-refractivity contribution >= 4 is 27.6 Å². The first kappa shape index (κ1) is 30.3. The summed E-state index contributed by atoms with van der Waals surface area (Å²) in [7, 11) is -4.03. The van der Waals surface area contributed by atoms with Crippen LogP contribution in [0.25, 0.3) is 0 Å². The number of anilines is 1. The van der Waals surface area contributed by atoms with E-state index in [1.165, 1.54) is 18.2 Å². The average Bonchev–Trinajstić information content (AvgIpc) is 3.69. The van der Waals surface area contributed by atoms with E-state index in [9.17, 15) is 30.8 Å². The van der Waals surface area contributed by atoms with Crippen molar-refractivity contribution in [1.29, 1.82) is 0 Å². The maximum atomic E-state index is 13.9. The second-order valence-electron chi connectivity index (χ2n) is 9.06. The molecule has 1 heterocycles. The van der Waals surface area contributed by atoms with E-state index in [4.69, 9.17) is 14.6 Å². The molecule has 0 spiro atoms. The van der Waals surface area contributed by atoms with E-state index >= 15 is 0 Å². The average molecular weight is 576 g/mol. The zero-order valence-electron chi connectivity index (χ0n) is 20.8. The normalized spacial score (nSPS) is 16.9. The number of benzene rings is 2. The van der Waals surface area contributed by atoms with Gasteiger partial charge in [0.1, 0.15) is 10.7 Å². The largest absolute Gasteiger partial charge is 0.490 e. The van der Waals surface area contributed by atoms with Crippen molar-refractivity contribution in [1.82, 2.24) is 10.2 Å². The molecule has 2 aromatic rings. The van der Waals surface area contributed by atoms with Gasteiger partial charge in [0.05, 0.1) is 18.6 Å². The predicted molar refractivity (Wildman–Crippen MR) is 133 cm³/mol. The number of halogens is 4. The maximum Gasteiger partial charge on any atom is 0.490 e. The van der Waals surface area contributed by atoms with Gasteiger partial charge in [0.25, 0.3) is 10.0 Å². The molecule has 9 nitrogen and oxygen atoms in total. The highest BCUT2D eigenvalue weighted by atomic mass is 32.2. The molecule has 0 bridgehead atoms. The lowest BCUT2D eigenvalue weighted by atomic mass is 9.95. The quantitative estimate of drug-likeness (QED) is 0.310. The number of nitrogens with one attached hydrogen (secondary N) is 2. The lowest BCUT2D eigenvalue weighted by Crippen LogP contribution is -2.39. The van der Waals surface area contributed by atoms with Crippen molar-refractivity contribution in [3.05, 3.63) is 59.9 Å². The zero-order chi connectivity index (χ0) is 28.7. The minimum atomic E-state index is -5.08. The van der Waals surface area contributed by atoms with Gasteiger partial charge in [-0.25, -0.2) is 17.6 Å². The Labute approximate surface area is 223 Å². The Morgan fingerprint density at radius 3 is 2.15 bits per heavy atom. The fourth-order valence-electron chi connectivity index (χ4n) is 4.00. The molecule has 0 aromatic heterocycles. The second-order valence-corrected chi connectivity index (χ2v) is 10.7. The standard InChI is InChI=1S/C23H28FN3O4S.C2HF3O2/c24-20-4-1-2-5-21(20)32(29,30)26-19-8-6-18(7-9-19)23(10-11-23)22(28)25-12-3-13-27-14-16-31-17-15-27;3-2(4,5)1(6)7/h1-2,4-9,26H,3,10-17H2,(H,25,28);(H,6,7). The topological polar surface area (TPSA) is 125 Å². The molecule has 0 atom stereocenters. The van der Waals surface area contributed by atoms with E-state index in [0.717, 1.165) is 63.7 Å². The van der Waals surface area contributed by atoms with Crippen molar-refractivity contribution in [2.75, 3.05) is 44.1 Å². The van der Waals surface area contributed by atoms with E-state index < -0.39 is 38.3 Å². The van der Waals surface area contributed by atoms with Crippen LogP contribution in [-0.2, 0) is 29.8 Å². The highest BCUT2D eigenvalue weighted by Gasteiger charge is 2.51. The molecule has 3 N–H and O–H groups in total. The summed E-state index contributed by atoms with van der Waals surface area (Å²) in [6.07, 6.45) is -2.66. The molecule has 1 aliphatic heterocycles. The Morgan fingerprint density at radius 2 is 1.62 bits per heavy atom. The molecule has 1 aliphatic carbocycles. The molecule has 1 saturated carbocycles. The maximum absolute atomic E-state index is 13.9. The number of sulfonamides is 1. The number of alkyl halides is 3. The first-order valence-corrected chi connectivity index (χ1v) is 13.6. The van der Waals surface area contributed by atoms with Crippen molar-refractivity contribution < 1.29 is 45.4 Å². The molecule has 39 heavy (non-hydrogen) atoms. The fourth-order valence-corrected chi connectivity index (χ4v) is 5.14. The molecule has 214 valence electrons. The van der Waals surface area contributed by atoms with Crippen LogP contribution in [0, 0.1) is 5.82 Å². The number of carbonyl (C=O) groups is 2. The number of aliphatic carboxylic acids is 1. The molecule has 4 rings (SSSR count). The first-order chi connectivity index (χ1) is 18.3. The van der Waals surface area contributed by atoms with Gasteiger partial charge in [-0.15, -0.1) is 0 Å². The summed E-state index contributed by atoms with van der Waals surface area (Å²) >= 11 is 0. The van der Waals surface area contributed by atoms with Crippen LogP contribution in [0.1, 0.15) is 24.8 Å². The van der Waals surface area contributed by atoms with Crippen molar-refractivity contribution in [2.24, 2.45) is 0 Å². The predicted octanol–water partition coefficient (Wildman–Crippen LogP) is 3.13. The van der Waals surface area contributed by atoms with Crippen LogP contribution >= 0.6 is 0 Å². The Hall–Kier alpha value is -3.23. The summed E-state index contributed by atoms with van der Waals surface area (Å²) in [5, 5.41) is 10.2. The second kappa shape index (κ2) is 12.7. The van der Waals surface area contributed by atoms with Crippen LogP contribution in [0.15, 0.2) is 53.4 Å². The monoisotopic (exact) mass is 575 g/mol. The number of rotatable bonds is 9. The number of nitrogens with zero attached hydrogens (tertiary/aromatic N) is 1. The number of ether oxygens (including phenoxy) is 1. The van der Waals surface area contributed by atoms with Crippen LogP contribution in [-0.4, -0.2) is 75.9 Å². The molecule has 14 heteroatoms. The number of carbonyl (C=O) groups excluding carboxylic acids is 1. The molecule has 0 unspecified atom stereocenters. The highest BCUT2D eigenvalue weighted by Crippen LogP contribution is 2.48. The number of morpholine rings is 1. The number of hydrogen-bond acceptors (Lipinski definition) is 6. The lowest BCUT2D eigenvalue weighted by Gasteiger charge is -2.26.